The molecule has 3 N–H and O–H groups in total. The van der Waals surface area contributed by atoms with Crippen LogP contribution >= 0.6 is 0 Å². The Bertz CT molecular complexity index is 1370. The molecule has 1 aromatic carbocycles. The highest BCUT2D eigenvalue weighted by atomic mass is 17.3. The van der Waals surface area contributed by atoms with Crippen molar-refractivity contribution in [1.82, 2.24) is 14.3 Å². The average Bonchev–Trinajstić information content (AvgIpc) is 3.33. The molecule has 0 atom stereocenters. The number of fused-ring (bicyclic) bond motifs is 1. The maximum atomic E-state index is 12.4. The highest BCUT2D eigenvalue weighted by molar-refractivity contribution is 6.01. The molecule has 0 saturated heterocycles. The summed E-state index contributed by atoms with van der Waals surface area (Å²) in [6.45, 7) is 14.6. The number of rotatable bonds is 6. The van der Waals surface area contributed by atoms with Gasteiger partial charge in [0.15, 0.2) is 0 Å². The Labute approximate surface area is 230 Å². The molecule has 1 aliphatic rings. The van der Waals surface area contributed by atoms with Gasteiger partial charge in [-0.25, -0.2) is 20.2 Å². The van der Waals surface area contributed by atoms with Gasteiger partial charge in [0.2, 0.25) is 0 Å². The average molecular weight is 537 g/mol. The van der Waals surface area contributed by atoms with Gasteiger partial charge in [0, 0.05) is 31.0 Å². The number of carbonyl (C=O) groups is 1. The normalized spacial score (nSPS) is 14.0. The summed E-state index contributed by atoms with van der Waals surface area (Å²) in [5.41, 5.74) is 15.5. The number of carbonyl (C=O) groups excluding carboxylic acids is 1. The summed E-state index contributed by atoms with van der Waals surface area (Å²) in [6.07, 6.45) is 6.31. The van der Waals surface area contributed by atoms with Crippen LogP contribution in [0.5, 0.6) is 0 Å². The van der Waals surface area contributed by atoms with Crippen LogP contribution in [0.2, 0.25) is 0 Å². The summed E-state index contributed by atoms with van der Waals surface area (Å²) in [6, 6.07) is 7.74. The van der Waals surface area contributed by atoms with Crippen LogP contribution in [0.3, 0.4) is 0 Å². The zero-order valence-electron chi connectivity index (χ0n) is 24.2. The summed E-state index contributed by atoms with van der Waals surface area (Å²) in [5, 5.41) is 0. The topological polar surface area (TPSA) is 116 Å². The number of nitrogens with one attached hydrogen (secondary N) is 1. The van der Waals surface area contributed by atoms with Gasteiger partial charge in [0.05, 0.1) is 35.4 Å². The second kappa shape index (κ2) is 12.8. The number of amides is 1. The van der Waals surface area contributed by atoms with Gasteiger partial charge in [-0.2, -0.15) is 0 Å². The molecule has 3 aromatic rings. The molecule has 2 aromatic heterocycles. The summed E-state index contributed by atoms with van der Waals surface area (Å²) >= 11 is 0. The number of aromatic nitrogens is 2. The molecule has 210 valence electrons. The van der Waals surface area contributed by atoms with Crippen LogP contribution in [-0.2, 0) is 14.6 Å². The fourth-order valence-electron chi connectivity index (χ4n) is 4.19. The Morgan fingerprint density at radius 1 is 1.15 bits per heavy atom. The molecule has 4 rings (SSSR count). The number of hydrogen-bond acceptors (Lipinski definition) is 7. The van der Waals surface area contributed by atoms with Gasteiger partial charge in [-0.1, -0.05) is 26.0 Å². The predicted molar refractivity (Wildman–Crippen MR) is 155 cm³/mol. The summed E-state index contributed by atoms with van der Waals surface area (Å²) in [7, 11) is 1.41. The first-order chi connectivity index (χ1) is 18.5. The standard InChI is InChI=1S/C27H34N6O4.C2H6/c1-17-15-33-16-21(14-24(33)18(2)29-17)25(28)30-22-8-7-20(13-23(22)31-37-35-6)19-9-11-32(12-10-19)26(34)36-27(3,4)5;1-2/h7-9,13-16,31H,10-12H2,1-6H3,(H2,28,30);1-2H3. The van der Waals surface area contributed by atoms with Crippen molar-refractivity contribution >= 4 is 34.4 Å². The molecule has 0 fully saturated rings. The third-order valence-electron chi connectivity index (χ3n) is 5.89. The molecule has 3 heterocycles. The Morgan fingerprint density at radius 2 is 1.90 bits per heavy atom. The van der Waals surface area contributed by atoms with Crippen molar-refractivity contribution in [2.24, 2.45) is 10.7 Å². The van der Waals surface area contributed by atoms with Gasteiger partial charge in [0.25, 0.3) is 0 Å². The van der Waals surface area contributed by atoms with Gasteiger partial charge in [-0.3, -0.25) is 4.98 Å². The number of nitrogens with two attached hydrogens (primary N) is 1. The highest BCUT2D eigenvalue weighted by Gasteiger charge is 2.24. The minimum Gasteiger partial charge on any atom is -0.444 e. The molecule has 0 aliphatic carbocycles. The molecule has 1 aliphatic heterocycles. The van der Waals surface area contributed by atoms with Crippen molar-refractivity contribution in [2.45, 2.75) is 60.5 Å². The maximum absolute atomic E-state index is 12.4. The minimum atomic E-state index is -0.524. The molecular weight excluding hydrogens is 496 g/mol. The highest BCUT2D eigenvalue weighted by Crippen LogP contribution is 2.32. The van der Waals surface area contributed by atoms with E-state index in [9.17, 15) is 4.79 Å². The molecule has 0 unspecified atom stereocenters. The molecule has 1 amide bonds. The summed E-state index contributed by atoms with van der Waals surface area (Å²) in [4.78, 5) is 33.0. The van der Waals surface area contributed by atoms with E-state index in [4.69, 9.17) is 20.3 Å². The monoisotopic (exact) mass is 536 g/mol. The number of aliphatic imine (C=N–C) groups is 1. The largest absolute Gasteiger partial charge is 0.444 e. The van der Waals surface area contributed by atoms with Crippen LogP contribution in [-0.4, -0.2) is 52.0 Å². The van der Waals surface area contributed by atoms with Crippen molar-refractivity contribution < 1.29 is 19.4 Å². The second-order valence-electron chi connectivity index (χ2n) is 9.98. The van der Waals surface area contributed by atoms with E-state index < -0.39 is 5.60 Å². The lowest BCUT2D eigenvalue weighted by atomic mass is 9.98. The minimum absolute atomic E-state index is 0.307. The fraction of sp³-hybridized carbons (Fsp3) is 0.414. The van der Waals surface area contributed by atoms with Crippen LogP contribution in [0, 0.1) is 13.8 Å². The van der Waals surface area contributed by atoms with E-state index in [1.807, 2.05) is 95.6 Å². The van der Waals surface area contributed by atoms with Crippen LogP contribution in [0.25, 0.3) is 11.1 Å². The van der Waals surface area contributed by atoms with Gasteiger partial charge < -0.3 is 19.8 Å². The number of aryl methyl sites for hydroxylation is 2. The van der Waals surface area contributed by atoms with Crippen LogP contribution in [0.1, 0.15) is 63.6 Å². The number of amidine groups is 1. The van der Waals surface area contributed by atoms with Gasteiger partial charge >= 0.3 is 6.09 Å². The number of hydrogen-bond donors (Lipinski definition) is 2. The first-order valence-electron chi connectivity index (χ1n) is 13.1. The van der Waals surface area contributed by atoms with Crippen LogP contribution in [0.15, 0.2) is 47.7 Å². The Balaban J connectivity index is 0.00000205. The molecule has 0 radical (unpaired) electrons. The lowest BCUT2D eigenvalue weighted by Gasteiger charge is -2.29. The smallest absolute Gasteiger partial charge is 0.410 e. The van der Waals surface area contributed by atoms with E-state index in [0.717, 1.165) is 33.6 Å². The molecule has 10 nitrogen and oxygen atoms in total. The van der Waals surface area contributed by atoms with Crippen molar-refractivity contribution in [2.75, 3.05) is 25.7 Å². The first-order valence-corrected chi connectivity index (χ1v) is 13.1. The van der Waals surface area contributed by atoms with Gasteiger partial charge in [-0.05, 0) is 70.4 Å². The molecule has 0 bridgehead atoms. The zero-order valence-corrected chi connectivity index (χ0v) is 24.2. The van der Waals surface area contributed by atoms with Crippen molar-refractivity contribution in [3.05, 3.63) is 65.2 Å². The van der Waals surface area contributed by atoms with E-state index in [0.29, 0.717) is 36.7 Å². The van der Waals surface area contributed by atoms with E-state index in [1.165, 1.54) is 7.11 Å². The zero-order chi connectivity index (χ0) is 28.7. The molecule has 39 heavy (non-hydrogen) atoms. The number of benzene rings is 1. The Morgan fingerprint density at radius 3 is 2.54 bits per heavy atom. The van der Waals surface area contributed by atoms with Gasteiger partial charge in [-0.15, -0.1) is 4.99 Å². The molecular formula is C29H40N6O4. The lowest BCUT2D eigenvalue weighted by molar-refractivity contribution is -0.248. The molecule has 0 saturated carbocycles. The fourth-order valence-corrected chi connectivity index (χ4v) is 4.19. The third kappa shape index (κ3) is 7.58. The van der Waals surface area contributed by atoms with E-state index in [1.54, 1.807) is 4.90 Å². The second-order valence-corrected chi connectivity index (χ2v) is 9.98. The van der Waals surface area contributed by atoms with E-state index in [-0.39, 0.29) is 6.09 Å². The van der Waals surface area contributed by atoms with Crippen molar-refractivity contribution in [1.29, 1.82) is 0 Å². The third-order valence-corrected chi connectivity index (χ3v) is 5.89. The summed E-state index contributed by atoms with van der Waals surface area (Å²) < 4.78 is 7.49. The van der Waals surface area contributed by atoms with Gasteiger partial charge in [0.1, 0.15) is 11.4 Å². The number of anilines is 1. The number of ether oxygens (including phenoxy) is 1. The van der Waals surface area contributed by atoms with Crippen LogP contribution < -0.4 is 11.2 Å². The van der Waals surface area contributed by atoms with Crippen molar-refractivity contribution in [3.63, 3.8) is 0 Å². The number of nitrogens with zero attached hydrogens (tertiary/aromatic N) is 4. The lowest BCUT2D eigenvalue weighted by Crippen LogP contribution is -2.39. The quantitative estimate of drug-likeness (QED) is 0.173. The molecule has 0 spiro atoms. The summed E-state index contributed by atoms with van der Waals surface area (Å²) in [5.74, 6) is 0.360. The first kappa shape index (κ1) is 29.7. The SMILES string of the molecule is CC.COONc1cc(C2=CCN(C(=O)OC(C)(C)C)CC2)ccc1N=C(N)c1cc2c(C)nc(C)cn2c1. The Kier molecular flexibility index (Phi) is 9.71. The Hall–Kier alpha value is -3.89. The predicted octanol–water partition coefficient (Wildman–Crippen LogP) is 5.94. The molecule has 10 heteroatoms. The van der Waals surface area contributed by atoms with E-state index >= 15 is 0 Å². The maximum Gasteiger partial charge on any atom is 0.410 e. The van der Waals surface area contributed by atoms with E-state index in [2.05, 4.69) is 15.5 Å². The van der Waals surface area contributed by atoms with Crippen LogP contribution in [0.4, 0.5) is 16.2 Å². The van der Waals surface area contributed by atoms with Crippen molar-refractivity contribution in [3.8, 4) is 0 Å².